The molecular formula is C19H19N5OS. The van der Waals surface area contributed by atoms with Crippen molar-refractivity contribution in [1.82, 2.24) is 19.2 Å². The van der Waals surface area contributed by atoms with Crippen LogP contribution in [0.15, 0.2) is 42.0 Å². The lowest BCUT2D eigenvalue weighted by Crippen LogP contribution is -2.15. The highest BCUT2D eigenvalue weighted by Crippen LogP contribution is 2.23. The monoisotopic (exact) mass is 365 g/mol. The fraction of sp³-hybridized carbons (Fsp3) is 0.211. The number of thiazole rings is 1. The van der Waals surface area contributed by atoms with E-state index in [4.69, 9.17) is 0 Å². The summed E-state index contributed by atoms with van der Waals surface area (Å²) in [4.78, 5) is 17.9. The molecule has 3 aromatic heterocycles. The molecule has 0 atom stereocenters. The van der Waals surface area contributed by atoms with Crippen LogP contribution in [0.2, 0.25) is 0 Å². The Balaban J connectivity index is 1.47. The van der Waals surface area contributed by atoms with Crippen molar-refractivity contribution in [3.05, 3.63) is 59.0 Å². The second-order valence-corrected chi connectivity index (χ2v) is 7.17. The molecule has 0 saturated heterocycles. The Hall–Kier alpha value is -2.93. The second kappa shape index (κ2) is 6.42. The van der Waals surface area contributed by atoms with Gasteiger partial charge in [-0.2, -0.15) is 5.10 Å². The molecular weight excluding hydrogens is 346 g/mol. The summed E-state index contributed by atoms with van der Waals surface area (Å²) in [5.74, 6) is -0.0422. The first kappa shape index (κ1) is 16.5. The fourth-order valence-corrected chi connectivity index (χ4v) is 3.73. The van der Waals surface area contributed by atoms with Gasteiger partial charge in [-0.1, -0.05) is 12.1 Å². The first-order valence-corrected chi connectivity index (χ1v) is 9.21. The molecule has 1 amide bonds. The summed E-state index contributed by atoms with van der Waals surface area (Å²) in [7, 11) is 1.89. The van der Waals surface area contributed by atoms with Crippen LogP contribution in [0.1, 0.15) is 17.0 Å². The lowest BCUT2D eigenvalue weighted by atomic mass is 10.1. The molecule has 3 heterocycles. The number of fused-ring (bicyclic) bond motifs is 1. The Kier molecular flexibility index (Phi) is 4.08. The Morgan fingerprint density at radius 2 is 2.00 bits per heavy atom. The zero-order valence-electron chi connectivity index (χ0n) is 14.9. The lowest BCUT2D eigenvalue weighted by molar-refractivity contribution is -0.115. The summed E-state index contributed by atoms with van der Waals surface area (Å²) >= 11 is 1.61. The second-order valence-electron chi connectivity index (χ2n) is 6.29. The topological polar surface area (TPSA) is 64.2 Å². The standard InChI is InChI=1S/C19H19N5OS/c1-12-16(13(2)23(3)22-12)10-18(25)20-15-6-4-14(5-7-15)17-11-24-8-9-26-19(24)21-17/h4-9,11H,10H2,1-3H3,(H,20,25). The lowest BCUT2D eigenvalue weighted by Gasteiger charge is -2.06. The van der Waals surface area contributed by atoms with Crippen molar-refractivity contribution in [3.63, 3.8) is 0 Å². The molecule has 132 valence electrons. The molecule has 26 heavy (non-hydrogen) atoms. The van der Waals surface area contributed by atoms with Gasteiger partial charge in [0.15, 0.2) is 4.96 Å². The van der Waals surface area contributed by atoms with E-state index < -0.39 is 0 Å². The van der Waals surface area contributed by atoms with Crippen LogP contribution < -0.4 is 5.32 Å². The first-order chi connectivity index (χ1) is 12.5. The zero-order valence-corrected chi connectivity index (χ0v) is 15.7. The summed E-state index contributed by atoms with van der Waals surface area (Å²) in [6.45, 7) is 3.91. The van der Waals surface area contributed by atoms with Gasteiger partial charge >= 0.3 is 0 Å². The van der Waals surface area contributed by atoms with Crippen LogP contribution in [0.25, 0.3) is 16.2 Å². The molecule has 0 aliphatic heterocycles. The molecule has 0 unspecified atom stereocenters. The Morgan fingerprint density at radius 3 is 2.65 bits per heavy atom. The number of nitrogens with one attached hydrogen (secondary N) is 1. The molecule has 0 fully saturated rings. The van der Waals surface area contributed by atoms with Crippen LogP contribution >= 0.6 is 11.3 Å². The molecule has 4 aromatic rings. The number of rotatable bonds is 4. The number of benzene rings is 1. The normalized spacial score (nSPS) is 11.2. The van der Waals surface area contributed by atoms with E-state index >= 15 is 0 Å². The minimum absolute atomic E-state index is 0.0422. The van der Waals surface area contributed by atoms with Crippen LogP contribution in [0, 0.1) is 13.8 Å². The number of carbonyl (C=O) groups excluding carboxylic acids is 1. The van der Waals surface area contributed by atoms with Gasteiger partial charge in [-0.3, -0.25) is 13.9 Å². The molecule has 0 aliphatic rings. The van der Waals surface area contributed by atoms with Gasteiger partial charge in [-0.15, -0.1) is 11.3 Å². The first-order valence-electron chi connectivity index (χ1n) is 8.33. The zero-order chi connectivity index (χ0) is 18.3. The number of hydrogen-bond donors (Lipinski definition) is 1. The van der Waals surface area contributed by atoms with Gasteiger partial charge in [0.1, 0.15) is 0 Å². The third-order valence-electron chi connectivity index (χ3n) is 4.55. The minimum atomic E-state index is -0.0422. The molecule has 0 spiro atoms. The molecule has 4 rings (SSSR count). The number of anilines is 1. The number of nitrogens with zero attached hydrogens (tertiary/aromatic N) is 4. The molecule has 7 heteroatoms. The van der Waals surface area contributed by atoms with Crippen molar-refractivity contribution in [1.29, 1.82) is 0 Å². The van der Waals surface area contributed by atoms with Crippen molar-refractivity contribution in [3.8, 4) is 11.3 Å². The molecule has 0 saturated carbocycles. The summed E-state index contributed by atoms with van der Waals surface area (Å²) in [5.41, 5.74) is 5.64. The summed E-state index contributed by atoms with van der Waals surface area (Å²) in [6, 6.07) is 7.76. The van der Waals surface area contributed by atoms with E-state index in [1.807, 2.05) is 72.0 Å². The highest BCUT2D eigenvalue weighted by Gasteiger charge is 2.14. The van der Waals surface area contributed by atoms with Gasteiger partial charge in [0.25, 0.3) is 0 Å². The van der Waals surface area contributed by atoms with Gasteiger partial charge in [-0.05, 0) is 26.0 Å². The van der Waals surface area contributed by atoms with E-state index in [-0.39, 0.29) is 5.91 Å². The Labute approximate surface area is 155 Å². The van der Waals surface area contributed by atoms with Gasteiger partial charge < -0.3 is 5.32 Å². The predicted octanol–water partition coefficient (Wildman–Crippen LogP) is 3.59. The van der Waals surface area contributed by atoms with E-state index in [1.54, 1.807) is 11.3 Å². The molecule has 6 nitrogen and oxygen atoms in total. The van der Waals surface area contributed by atoms with Crippen LogP contribution in [0.3, 0.4) is 0 Å². The van der Waals surface area contributed by atoms with Gasteiger partial charge in [-0.25, -0.2) is 4.98 Å². The minimum Gasteiger partial charge on any atom is -0.326 e. The van der Waals surface area contributed by atoms with E-state index in [9.17, 15) is 4.79 Å². The average Bonchev–Trinajstić information content (AvgIpc) is 3.26. The molecule has 0 bridgehead atoms. The van der Waals surface area contributed by atoms with Crippen LogP contribution in [0.4, 0.5) is 5.69 Å². The van der Waals surface area contributed by atoms with Crippen molar-refractivity contribution in [2.75, 3.05) is 5.32 Å². The summed E-state index contributed by atoms with van der Waals surface area (Å²) in [6.07, 6.45) is 4.32. The Bertz CT molecular complexity index is 1060. The van der Waals surface area contributed by atoms with Gasteiger partial charge in [0.05, 0.1) is 17.8 Å². The van der Waals surface area contributed by atoms with Crippen LogP contribution in [-0.4, -0.2) is 25.1 Å². The molecule has 1 aromatic carbocycles. The maximum Gasteiger partial charge on any atom is 0.228 e. The van der Waals surface area contributed by atoms with Crippen molar-refractivity contribution >= 4 is 27.9 Å². The van der Waals surface area contributed by atoms with Gasteiger partial charge in [0, 0.05) is 47.3 Å². The number of hydrogen-bond acceptors (Lipinski definition) is 4. The van der Waals surface area contributed by atoms with Crippen LogP contribution in [0.5, 0.6) is 0 Å². The molecule has 1 N–H and O–H groups in total. The quantitative estimate of drug-likeness (QED) is 0.601. The van der Waals surface area contributed by atoms with E-state index in [1.165, 1.54) is 0 Å². The number of carbonyl (C=O) groups is 1. The van der Waals surface area contributed by atoms with Crippen molar-refractivity contribution in [2.45, 2.75) is 20.3 Å². The van der Waals surface area contributed by atoms with Crippen molar-refractivity contribution < 1.29 is 4.79 Å². The van der Waals surface area contributed by atoms with Gasteiger partial charge in [0.2, 0.25) is 5.91 Å². The number of amides is 1. The van der Waals surface area contributed by atoms with Crippen LogP contribution in [-0.2, 0) is 18.3 Å². The highest BCUT2D eigenvalue weighted by molar-refractivity contribution is 7.15. The average molecular weight is 365 g/mol. The maximum atomic E-state index is 12.4. The smallest absolute Gasteiger partial charge is 0.228 e. The third-order valence-corrected chi connectivity index (χ3v) is 5.32. The molecule has 0 radical (unpaired) electrons. The largest absolute Gasteiger partial charge is 0.326 e. The third kappa shape index (κ3) is 3.01. The predicted molar refractivity (Wildman–Crippen MR) is 104 cm³/mol. The number of aromatic nitrogens is 4. The number of aryl methyl sites for hydroxylation is 2. The fourth-order valence-electron chi connectivity index (χ4n) is 3.03. The Morgan fingerprint density at radius 1 is 1.23 bits per heavy atom. The SMILES string of the molecule is Cc1nn(C)c(C)c1CC(=O)Nc1ccc(-c2cn3ccsc3n2)cc1. The van der Waals surface area contributed by atoms with E-state index in [2.05, 4.69) is 15.4 Å². The van der Waals surface area contributed by atoms with Crippen molar-refractivity contribution in [2.24, 2.45) is 7.05 Å². The van der Waals surface area contributed by atoms with E-state index in [0.717, 1.165) is 38.9 Å². The summed E-state index contributed by atoms with van der Waals surface area (Å²) in [5, 5.41) is 9.32. The number of imidazole rings is 1. The van der Waals surface area contributed by atoms with E-state index in [0.29, 0.717) is 6.42 Å². The summed E-state index contributed by atoms with van der Waals surface area (Å²) < 4.78 is 3.82. The maximum absolute atomic E-state index is 12.4. The molecule has 0 aliphatic carbocycles. The highest BCUT2D eigenvalue weighted by atomic mass is 32.1.